The molecular formula is C11H17NO3. The van der Waals surface area contributed by atoms with Gasteiger partial charge in [0, 0.05) is 25.8 Å². The summed E-state index contributed by atoms with van der Waals surface area (Å²) in [5.41, 5.74) is 0.821. The first-order valence-corrected chi connectivity index (χ1v) is 4.88. The maximum Gasteiger partial charge on any atom is 0.120 e. The second-order valence-corrected chi connectivity index (χ2v) is 3.37. The fraction of sp³-hybridized carbons (Fsp3) is 0.455. The van der Waals surface area contributed by atoms with E-state index >= 15 is 0 Å². The fourth-order valence-electron chi connectivity index (χ4n) is 1.29. The molecule has 1 unspecified atom stereocenters. The highest BCUT2D eigenvalue weighted by molar-refractivity contribution is 5.31. The molecule has 0 aliphatic carbocycles. The molecule has 84 valence electrons. The van der Waals surface area contributed by atoms with Gasteiger partial charge in [-0.15, -0.1) is 0 Å². The maximum absolute atomic E-state index is 9.45. The number of phenolic OH excluding ortho intramolecular Hbond substituents is 1. The molecule has 0 aliphatic heterocycles. The quantitative estimate of drug-likeness (QED) is 0.641. The van der Waals surface area contributed by atoms with E-state index < -0.39 is 6.10 Å². The number of para-hydroxylation sites is 1. The number of ether oxygens (including phenoxy) is 1. The van der Waals surface area contributed by atoms with Crippen LogP contribution in [0.5, 0.6) is 5.75 Å². The van der Waals surface area contributed by atoms with Gasteiger partial charge < -0.3 is 20.3 Å². The minimum atomic E-state index is -0.513. The lowest BCUT2D eigenvalue weighted by atomic mass is 10.2. The molecule has 3 N–H and O–H groups in total. The zero-order valence-corrected chi connectivity index (χ0v) is 8.81. The lowest BCUT2D eigenvalue weighted by Gasteiger charge is -2.11. The average Bonchev–Trinajstić information content (AvgIpc) is 2.21. The molecule has 0 saturated heterocycles. The number of hydrogen-bond acceptors (Lipinski definition) is 4. The number of hydrogen-bond donors (Lipinski definition) is 3. The first kappa shape index (κ1) is 12.0. The molecule has 15 heavy (non-hydrogen) atoms. The van der Waals surface area contributed by atoms with E-state index in [9.17, 15) is 10.2 Å². The van der Waals surface area contributed by atoms with E-state index in [0.29, 0.717) is 19.7 Å². The zero-order chi connectivity index (χ0) is 11.1. The largest absolute Gasteiger partial charge is 0.508 e. The third kappa shape index (κ3) is 4.29. The van der Waals surface area contributed by atoms with Gasteiger partial charge in [-0.2, -0.15) is 0 Å². The third-order valence-corrected chi connectivity index (χ3v) is 2.05. The summed E-state index contributed by atoms with van der Waals surface area (Å²) in [4.78, 5) is 0. The molecule has 1 aromatic rings. The van der Waals surface area contributed by atoms with Crippen LogP contribution >= 0.6 is 0 Å². The first-order valence-electron chi connectivity index (χ1n) is 4.88. The van der Waals surface area contributed by atoms with Crippen molar-refractivity contribution in [3.05, 3.63) is 29.8 Å². The van der Waals surface area contributed by atoms with Gasteiger partial charge in [-0.1, -0.05) is 18.2 Å². The van der Waals surface area contributed by atoms with Gasteiger partial charge >= 0.3 is 0 Å². The number of methoxy groups -OCH3 is 1. The van der Waals surface area contributed by atoms with Crippen molar-refractivity contribution in [2.75, 3.05) is 20.3 Å². The number of aromatic hydroxyl groups is 1. The maximum atomic E-state index is 9.45. The Balaban J connectivity index is 2.29. The van der Waals surface area contributed by atoms with Gasteiger partial charge in [0.05, 0.1) is 12.7 Å². The number of benzene rings is 1. The lowest BCUT2D eigenvalue weighted by molar-refractivity contribution is 0.0644. The lowest BCUT2D eigenvalue weighted by Crippen LogP contribution is -2.29. The summed E-state index contributed by atoms with van der Waals surface area (Å²) >= 11 is 0. The van der Waals surface area contributed by atoms with Crippen LogP contribution in [-0.4, -0.2) is 36.6 Å². The number of rotatable bonds is 6. The number of phenols is 1. The van der Waals surface area contributed by atoms with Gasteiger partial charge in [0.1, 0.15) is 5.75 Å². The summed E-state index contributed by atoms with van der Waals surface area (Å²) in [5.74, 6) is 0.270. The Bertz CT molecular complexity index is 291. The number of aliphatic hydroxyl groups is 1. The molecule has 0 fully saturated rings. The van der Waals surface area contributed by atoms with Gasteiger partial charge in [0.15, 0.2) is 0 Å². The minimum absolute atomic E-state index is 0.270. The predicted molar refractivity (Wildman–Crippen MR) is 57.7 cm³/mol. The smallest absolute Gasteiger partial charge is 0.120 e. The molecule has 4 heteroatoms. The molecule has 1 rings (SSSR count). The van der Waals surface area contributed by atoms with Crippen molar-refractivity contribution < 1.29 is 14.9 Å². The zero-order valence-electron chi connectivity index (χ0n) is 8.81. The Morgan fingerprint density at radius 2 is 2.13 bits per heavy atom. The standard InChI is InChI=1S/C11H17NO3/c1-15-8-10(13)7-12-6-9-4-2-3-5-11(9)14/h2-5,10,12-14H,6-8H2,1H3. The van der Waals surface area contributed by atoms with Crippen LogP contribution in [-0.2, 0) is 11.3 Å². The summed E-state index contributed by atoms with van der Waals surface area (Å²) in [5, 5.41) is 21.8. The monoisotopic (exact) mass is 211 g/mol. The van der Waals surface area contributed by atoms with Crippen molar-refractivity contribution in [3.8, 4) is 5.75 Å². The molecule has 0 heterocycles. The second-order valence-electron chi connectivity index (χ2n) is 3.37. The van der Waals surface area contributed by atoms with Crippen molar-refractivity contribution in [3.63, 3.8) is 0 Å². The Morgan fingerprint density at radius 1 is 1.40 bits per heavy atom. The van der Waals surface area contributed by atoms with Crippen LogP contribution < -0.4 is 5.32 Å². The van der Waals surface area contributed by atoms with Gasteiger partial charge in [-0.05, 0) is 6.07 Å². The summed E-state index contributed by atoms with van der Waals surface area (Å²) in [6, 6.07) is 7.12. The highest BCUT2D eigenvalue weighted by Crippen LogP contribution is 2.14. The molecule has 0 bridgehead atoms. The van der Waals surface area contributed by atoms with Crippen LogP contribution in [0.1, 0.15) is 5.56 Å². The molecule has 0 amide bonds. The molecule has 4 nitrogen and oxygen atoms in total. The van der Waals surface area contributed by atoms with E-state index in [4.69, 9.17) is 4.74 Å². The van der Waals surface area contributed by atoms with E-state index in [0.717, 1.165) is 5.56 Å². The third-order valence-electron chi connectivity index (χ3n) is 2.05. The molecule has 1 aromatic carbocycles. The molecule has 0 aliphatic rings. The van der Waals surface area contributed by atoms with Crippen molar-refractivity contribution in [1.29, 1.82) is 0 Å². The van der Waals surface area contributed by atoms with E-state index in [-0.39, 0.29) is 5.75 Å². The summed E-state index contributed by atoms with van der Waals surface area (Å²) in [6.45, 7) is 1.30. The SMILES string of the molecule is COCC(O)CNCc1ccccc1O. The van der Waals surface area contributed by atoms with Crippen LogP contribution in [0.25, 0.3) is 0 Å². The van der Waals surface area contributed by atoms with Gasteiger partial charge in [0.2, 0.25) is 0 Å². The summed E-state index contributed by atoms with van der Waals surface area (Å²) in [6.07, 6.45) is -0.513. The van der Waals surface area contributed by atoms with Crippen molar-refractivity contribution in [2.24, 2.45) is 0 Å². The minimum Gasteiger partial charge on any atom is -0.508 e. The van der Waals surface area contributed by atoms with Gasteiger partial charge in [-0.3, -0.25) is 0 Å². The van der Waals surface area contributed by atoms with E-state index in [1.807, 2.05) is 12.1 Å². The highest BCUT2D eigenvalue weighted by atomic mass is 16.5. The molecule has 0 saturated carbocycles. The summed E-state index contributed by atoms with van der Waals surface area (Å²) < 4.78 is 4.79. The van der Waals surface area contributed by atoms with Crippen LogP contribution in [0.2, 0.25) is 0 Å². The van der Waals surface area contributed by atoms with E-state index in [2.05, 4.69) is 5.32 Å². The second kappa shape index (κ2) is 6.40. The molecule has 0 aromatic heterocycles. The van der Waals surface area contributed by atoms with Crippen LogP contribution in [0.3, 0.4) is 0 Å². The van der Waals surface area contributed by atoms with Crippen LogP contribution in [0.4, 0.5) is 0 Å². The number of nitrogens with one attached hydrogen (secondary N) is 1. The Kier molecular flexibility index (Phi) is 5.10. The van der Waals surface area contributed by atoms with Gasteiger partial charge in [-0.25, -0.2) is 0 Å². The topological polar surface area (TPSA) is 61.7 Å². The van der Waals surface area contributed by atoms with Crippen molar-refractivity contribution in [1.82, 2.24) is 5.32 Å². The van der Waals surface area contributed by atoms with Crippen molar-refractivity contribution in [2.45, 2.75) is 12.6 Å². The van der Waals surface area contributed by atoms with E-state index in [1.165, 1.54) is 0 Å². The Hall–Kier alpha value is -1.10. The molecule has 1 atom stereocenters. The van der Waals surface area contributed by atoms with Crippen molar-refractivity contribution >= 4 is 0 Å². The highest BCUT2D eigenvalue weighted by Gasteiger charge is 2.03. The Labute approximate surface area is 89.5 Å². The molecule has 0 radical (unpaired) electrons. The number of aliphatic hydroxyl groups excluding tert-OH is 1. The van der Waals surface area contributed by atoms with Gasteiger partial charge in [0.25, 0.3) is 0 Å². The average molecular weight is 211 g/mol. The molecular weight excluding hydrogens is 194 g/mol. The summed E-state index contributed by atoms with van der Waals surface area (Å²) in [7, 11) is 1.55. The fourth-order valence-corrected chi connectivity index (χ4v) is 1.29. The first-order chi connectivity index (χ1) is 7.24. The molecule has 0 spiro atoms. The normalized spacial score (nSPS) is 12.7. The van der Waals surface area contributed by atoms with Crippen LogP contribution in [0.15, 0.2) is 24.3 Å². The van der Waals surface area contributed by atoms with Crippen LogP contribution in [0, 0.1) is 0 Å². The Morgan fingerprint density at radius 3 is 2.80 bits per heavy atom. The predicted octanol–water partition coefficient (Wildman–Crippen LogP) is 0.489. The van der Waals surface area contributed by atoms with E-state index in [1.54, 1.807) is 19.2 Å².